The van der Waals surface area contributed by atoms with Gasteiger partial charge in [0.15, 0.2) is 17.5 Å². The summed E-state index contributed by atoms with van der Waals surface area (Å²) >= 11 is 1.03. The van der Waals surface area contributed by atoms with E-state index in [1.807, 2.05) is 97.1 Å². The predicted octanol–water partition coefficient (Wildman–Crippen LogP) is 12.0. The zero-order valence-electron chi connectivity index (χ0n) is 33.9. The first-order chi connectivity index (χ1) is 27.5. The van der Waals surface area contributed by atoms with Gasteiger partial charge in [-0.2, -0.15) is 0 Å². The van der Waals surface area contributed by atoms with E-state index >= 15 is 0 Å². The van der Waals surface area contributed by atoms with Crippen LogP contribution in [0.25, 0.3) is 98.2 Å². The first-order valence-electron chi connectivity index (χ1n) is 19.7. The van der Waals surface area contributed by atoms with E-state index in [4.69, 9.17) is 30.3 Å². The molecule has 10 rings (SSSR count). The number of para-hydroxylation sites is 1. The fraction of sp³-hybridized carbons (Fsp3) is 0. The number of furan rings is 1. The second kappa shape index (κ2) is 10.7. The number of aromatic nitrogens is 3. The van der Waals surface area contributed by atoms with Crippen LogP contribution in [-0.4, -0.2) is 15.0 Å². The highest BCUT2D eigenvalue weighted by molar-refractivity contribution is 7.27. The van der Waals surface area contributed by atoms with Crippen LogP contribution in [0.5, 0.6) is 0 Å². The van der Waals surface area contributed by atoms with Gasteiger partial charge in [0.2, 0.25) is 0 Å². The fourth-order valence-electron chi connectivity index (χ4n) is 6.26. The van der Waals surface area contributed by atoms with Crippen molar-refractivity contribution in [2.24, 2.45) is 0 Å². The summed E-state index contributed by atoms with van der Waals surface area (Å²) in [6.07, 6.45) is 0. The third kappa shape index (κ3) is 4.25. The molecule has 0 N–H and O–H groups in total. The van der Waals surface area contributed by atoms with Crippen molar-refractivity contribution in [1.82, 2.24) is 15.0 Å². The van der Waals surface area contributed by atoms with Crippen LogP contribution in [0.1, 0.15) is 12.3 Å². The number of rotatable bonds is 4. The molecule has 3 heterocycles. The van der Waals surface area contributed by atoms with Crippen LogP contribution in [-0.2, 0) is 0 Å². The minimum absolute atomic E-state index is 0.0312. The van der Waals surface area contributed by atoms with E-state index in [1.165, 1.54) is 0 Å². The third-order valence-corrected chi connectivity index (χ3v) is 9.67. The van der Waals surface area contributed by atoms with Gasteiger partial charge in [-0.1, -0.05) is 127 Å². The molecule has 0 aliphatic heterocycles. The molecule has 10 aromatic rings. The molecule has 0 aliphatic rings. The van der Waals surface area contributed by atoms with Gasteiger partial charge in [-0.3, -0.25) is 0 Å². The Labute approximate surface area is 292 Å². The third-order valence-electron chi connectivity index (χ3n) is 8.45. The molecular weight excluding hydrogens is 607 g/mol. The van der Waals surface area contributed by atoms with Gasteiger partial charge in [-0.05, 0) is 46.1 Å². The van der Waals surface area contributed by atoms with Gasteiger partial charge >= 0.3 is 0 Å². The molecular formula is C43H25N3OS. The van der Waals surface area contributed by atoms with E-state index in [2.05, 4.69) is 0 Å². The molecule has 0 unspecified atom stereocenters. The summed E-state index contributed by atoms with van der Waals surface area (Å²) in [6.45, 7) is 0. The standard InChI is InChI=1S/C43H25N3OS/c1-3-12-26(13-4-1)35-24-29(25-37-38(35)33-18-9-10-21-36(33)47-37)42-44-41(28-15-5-2-6-16-28)45-43(46-42)34-20-11-19-31-32-23-22-27-14-7-8-17-30(27)39(32)48-40(31)34/h1-25H/i7D,8D,11D,14D,17D,19D,20D,22D,23D. The van der Waals surface area contributed by atoms with Gasteiger partial charge in [0.05, 0.1) is 12.3 Å². The number of thiophene rings is 1. The summed E-state index contributed by atoms with van der Waals surface area (Å²) in [5.41, 5.74) is 4.52. The Kier molecular flexibility index (Phi) is 4.34. The molecule has 48 heavy (non-hydrogen) atoms. The maximum atomic E-state index is 9.27. The number of fused-ring (bicyclic) bond motifs is 8. The molecule has 7 aromatic carbocycles. The summed E-state index contributed by atoms with van der Waals surface area (Å²) in [7, 11) is 0. The lowest BCUT2D eigenvalue weighted by molar-refractivity contribution is 0.669. The summed E-state index contributed by atoms with van der Waals surface area (Å²) in [5, 5.41) is 2.00. The van der Waals surface area contributed by atoms with E-state index in [9.17, 15) is 1.37 Å². The molecule has 3 aromatic heterocycles. The molecule has 5 heteroatoms. The lowest BCUT2D eigenvalue weighted by Gasteiger charge is -2.11. The van der Waals surface area contributed by atoms with Gasteiger partial charge in [0.25, 0.3) is 0 Å². The number of benzene rings is 7. The highest BCUT2D eigenvalue weighted by Gasteiger charge is 2.20. The predicted molar refractivity (Wildman–Crippen MR) is 199 cm³/mol. The summed E-state index contributed by atoms with van der Waals surface area (Å²) in [5.74, 6) is 0.567. The van der Waals surface area contributed by atoms with E-state index in [-0.39, 0.29) is 78.2 Å². The van der Waals surface area contributed by atoms with Gasteiger partial charge < -0.3 is 4.42 Å². The Morgan fingerprint density at radius 1 is 0.479 bits per heavy atom. The quantitative estimate of drug-likeness (QED) is 0.192. The van der Waals surface area contributed by atoms with E-state index in [0.717, 1.165) is 38.8 Å². The molecule has 0 atom stereocenters. The lowest BCUT2D eigenvalue weighted by atomic mass is 9.97. The highest BCUT2D eigenvalue weighted by atomic mass is 32.1. The van der Waals surface area contributed by atoms with Crippen molar-refractivity contribution >= 4 is 64.2 Å². The second-order valence-corrected chi connectivity index (χ2v) is 12.3. The maximum Gasteiger partial charge on any atom is 0.165 e. The summed E-state index contributed by atoms with van der Waals surface area (Å²) < 4.78 is 86.3. The van der Waals surface area contributed by atoms with Crippen molar-refractivity contribution in [1.29, 1.82) is 0 Å². The fourth-order valence-corrected chi connectivity index (χ4v) is 7.47. The normalized spacial score (nSPS) is 14.4. The highest BCUT2D eigenvalue weighted by Crippen LogP contribution is 2.43. The van der Waals surface area contributed by atoms with Gasteiger partial charge in [-0.15, -0.1) is 11.3 Å². The van der Waals surface area contributed by atoms with Crippen LogP contribution in [0.4, 0.5) is 0 Å². The van der Waals surface area contributed by atoms with Crippen LogP contribution in [0, 0.1) is 0 Å². The molecule has 224 valence electrons. The van der Waals surface area contributed by atoms with Gasteiger partial charge in [0, 0.05) is 47.6 Å². The largest absolute Gasteiger partial charge is 0.456 e. The molecule has 0 saturated heterocycles. The summed E-state index contributed by atoms with van der Waals surface area (Å²) in [6, 6.07) is 27.1. The van der Waals surface area contributed by atoms with E-state index in [0.29, 0.717) is 16.7 Å². The Morgan fingerprint density at radius 2 is 1.17 bits per heavy atom. The van der Waals surface area contributed by atoms with E-state index in [1.54, 1.807) is 0 Å². The average Bonchev–Trinajstić information content (AvgIpc) is 3.82. The minimum atomic E-state index is -0.521. The molecule has 0 radical (unpaired) electrons. The van der Waals surface area contributed by atoms with Crippen molar-refractivity contribution in [3.8, 4) is 45.3 Å². The van der Waals surface area contributed by atoms with Crippen LogP contribution >= 0.6 is 11.3 Å². The summed E-state index contributed by atoms with van der Waals surface area (Å²) in [4.78, 5) is 14.8. The second-order valence-electron chi connectivity index (χ2n) is 11.3. The zero-order valence-corrected chi connectivity index (χ0v) is 25.7. The topological polar surface area (TPSA) is 51.8 Å². The molecule has 0 fully saturated rings. The average molecular weight is 641 g/mol. The van der Waals surface area contributed by atoms with Crippen LogP contribution in [0.3, 0.4) is 0 Å². The van der Waals surface area contributed by atoms with Gasteiger partial charge in [0.1, 0.15) is 11.2 Å². The lowest BCUT2D eigenvalue weighted by Crippen LogP contribution is -2.00. The Morgan fingerprint density at radius 3 is 2.02 bits per heavy atom. The van der Waals surface area contributed by atoms with Crippen molar-refractivity contribution in [2.75, 3.05) is 0 Å². The molecule has 0 amide bonds. The SMILES string of the molecule is [2H]c1c([2H])c([2H])c2c(sc3c4c([2H])c([2H])c([2H])c([2H])c4c([2H])c([2H])c32)c1-c1nc(-c2ccccc2)nc(-c2cc(-c3ccccc3)c3c(c2)oc2ccccc23)n1. The smallest absolute Gasteiger partial charge is 0.165 e. The number of nitrogens with zero attached hydrogens (tertiary/aromatic N) is 3. The Hall–Kier alpha value is -6.17. The first-order valence-corrected chi connectivity index (χ1v) is 16.0. The molecule has 0 aliphatic carbocycles. The Bertz CT molecular complexity index is 3350. The monoisotopic (exact) mass is 640 g/mol. The molecule has 4 nitrogen and oxygen atoms in total. The molecule has 0 spiro atoms. The molecule has 0 bridgehead atoms. The van der Waals surface area contributed by atoms with Crippen molar-refractivity contribution in [3.05, 3.63) is 151 Å². The number of hydrogen-bond acceptors (Lipinski definition) is 5. The van der Waals surface area contributed by atoms with Crippen LogP contribution in [0.15, 0.2) is 156 Å². The van der Waals surface area contributed by atoms with Gasteiger partial charge in [-0.25, -0.2) is 15.0 Å². The molecule has 0 saturated carbocycles. The van der Waals surface area contributed by atoms with Crippen molar-refractivity contribution in [3.63, 3.8) is 0 Å². The zero-order chi connectivity index (χ0) is 39.4. The van der Waals surface area contributed by atoms with E-state index < -0.39 is 30.2 Å². The minimum Gasteiger partial charge on any atom is -0.456 e. The van der Waals surface area contributed by atoms with Crippen LogP contribution in [0.2, 0.25) is 0 Å². The van der Waals surface area contributed by atoms with Crippen molar-refractivity contribution in [2.45, 2.75) is 0 Å². The van der Waals surface area contributed by atoms with Crippen molar-refractivity contribution < 1.29 is 16.8 Å². The first kappa shape index (κ1) is 19.5. The van der Waals surface area contributed by atoms with Crippen LogP contribution < -0.4 is 0 Å². The Balaban J connectivity index is 1.32. The maximum absolute atomic E-state index is 9.27. The number of hydrogen-bond donors (Lipinski definition) is 0.